The van der Waals surface area contributed by atoms with E-state index in [9.17, 15) is 18.0 Å². The Morgan fingerprint density at radius 1 is 1.04 bits per heavy atom. The van der Waals surface area contributed by atoms with Gasteiger partial charge in [-0.05, 0) is 29.8 Å². The normalized spacial score (nSPS) is 11.8. The lowest BCUT2D eigenvalue weighted by molar-refractivity contribution is -0.137. The molecular formula is C20H15F3N2O. The highest BCUT2D eigenvalue weighted by atomic mass is 19.4. The van der Waals surface area contributed by atoms with Crippen LogP contribution in [0.15, 0.2) is 73.1 Å². The van der Waals surface area contributed by atoms with Crippen LogP contribution >= 0.6 is 0 Å². The van der Waals surface area contributed by atoms with Crippen LogP contribution in [0, 0.1) is 0 Å². The van der Waals surface area contributed by atoms with Crippen molar-refractivity contribution in [3.05, 3.63) is 95.3 Å². The van der Waals surface area contributed by atoms with E-state index in [1.807, 2.05) is 30.3 Å². The van der Waals surface area contributed by atoms with Crippen LogP contribution in [0.4, 0.5) is 13.2 Å². The van der Waals surface area contributed by atoms with E-state index in [1.165, 1.54) is 18.2 Å². The van der Waals surface area contributed by atoms with Crippen LogP contribution in [0.5, 0.6) is 0 Å². The first-order valence-electron chi connectivity index (χ1n) is 7.88. The molecule has 0 radical (unpaired) electrons. The molecule has 0 N–H and O–H groups in total. The molecule has 0 saturated heterocycles. The van der Waals surface area contributed by atoms with E-state index in [-0.39, 0.29) is 11.3 Å². The van der Waals surface area contributed by atoms with Gasteiger partial charge in [-0.2, -0.15) is 18.3 Å². The fourth-order valence-corrected chi connectivity index (χ4v) is 2.41. The quantitative estimate of drug-likeness (QED) is 0.484. The summed E-state index contributed by atoms with van der Waals surface area (Å²) in [6.07, 6.45) is 1.93. The van der Waals surface area contributed by atoms with E-state index < -0.39 is 11.7 Å². The van der Waals surface area contributed by atoms with E-state index in [1.54, 1.807) is 23.2 Å². The average molecular weight is 356 g/mol. The maximum absolute atomic E-state index is 12.5. The molecule has 0 aliphatic heterocycles. The van der Waals surface area contributed by atoms with Crippen molar-refractivity contribution in [2.24, 2.45) is 0 Å². The third-order valence-corrected chi connectivity index (χ3v) is 3.76. The Morgan fingerprint density at radius 3 is 2.38 bits per heavy atom. The molecule has 1 heterocycles. The molecule has 0 unspecified atom stereocenters. The minimum atomic E-state index is -4.41. The summed E-state index contributed by atoms with van der Waals surface area (Å²) in [5, 5.41) is 4.23. The highest BCUT2D eigenvalue weighted by molar-refractivity contribution is 6.06. The summed E-state index contributed by atoms with van der Waals surface area (Å²) in [6, 6.07) is 14.0. The third-order valence-electron chi connectivity index (χ3n) is 3.76. The molecule has 3 aromatic rings. The fraction of sp³-hybridized carbons (Fsp3) is 0.100. The smallest absolute Gasteiger partial charge is 0.289 e. The number of hydrogen-bond acceptors (Lipinski definition) is 2. The van der Waals surface area contributed by atoms with Gasteiger partial charge >= 0.3 is 6.18 Å². The third kappa shape index (κ3) is 4.47. The van der Waals surface area contributed by atoms with Crippen molar-refractivity contribution in [2.75, 3.05) is 0 Å². The molecule has 132 valence electrons. The Morgan fingerprint density at radius 2 is 1.73 bits per heavy atom. The summed E-state index contributed by atoms with van der Waals surface area (Å²) in [6.45, 7) is 0.613. The minimum absolute atomic E-state index is 0.200. The molecule has 0 fully saturated rings. The van der Waals surface area contributed by atoms with E-state index in [4.69, 9.17) is 0 Å². The van der Waals surface area contributed by atoms with Gasteiger partial charge in [-0.3, -0.25) is 9.48 Å². The van der Waals surface area contributed by atoms with Crippen LogP contribution in [-0.4, -0.2) is 15.6 Å². The van der Waals surface area contributed by atoms with Crippen LogP contribution in [0.2, 0.25) is 0 Å². The maximum atomic E-state index is 12.5. The first kappa shape index (κ1) is 17.7. The van der Waals surface area contributed by atoms with Gasteiger partial charge in [0.05, 0.1) is 18.3 Å². The number of carbonyl (C=O) groups excluding carboxylic acids is 1. The summed E-state index contributed by atoms with van der Waals surface area (Å²) >= 11 is 0. The number of carbonyl (C=O) groups is 1. The van der Waals surface area contributed by atoms with Crippen LogP contribution < -0.4 is 0 Å². The van der Waals surface area contributed by atoms with Crippen LogP contribution in [-0.2, 0) is 12.7 Å². The molecule has 0 aliphatic carbocycles. The van der Waals surface area contributed by atoms with Crippen molar-refractivity contribution in [3.63, 3.8) is 0 Å². The Bertz CT molecular complexity index is 910. The zero-order valence-corrected chi connectivity index (χ0v) is 13.6. The number of hydrogen-bond donors (Lipinski definition) is 0. The van der Waals surface area contributed by atoms with Crippen molar-refractivity contribution in [3.8, 4) is 0 Å². The van der Waals surface area contributed by atoms with Crippen molar-refractivity contribution in [1.82, 2.24) is 9.78 Å². The zero-order chi connectivity index (χ0) is 18.6. The van der Waals surface area contributed by atoms with Crippen molar-refractivity contribution >= 4 is 11.9 Å². The Hall–Kier alpha value is -3.15. The van der Waals surface area contributed by atoms with Crippen LogP contribution in [0.25, 0.3) is 6.08 Å². The lowest BCUT2D eigenvalue weighted by atomic mass is 10.1. The molecule has 0 spiro atoms. The predicted octanol–water partition coefficient (Wildman–Crippen LogP) is 4.85. The van der Waals surface area contributed by atoms with Crippen LogP contribution in [0.3, 0.4) is 0 Å². The summed E-state index contributed by atoms with van der Waals surface area (Å²) in [4.78, 5) is 12.1. The fourth-order valence-electron chi connectivity index (χ4n) is 2.41. The number of rotatable bonds is 5. The highest BCUT2D eigenvalue weighted by Crippen LogP contribution is 2.29. The Kier molecular flexibility index (Phi) is 5.02. The van der Waals surface area contributed by atoms with Crippen molar-refractivity contribution < 1.29 is 18.0 Å². The number of ketones is 1. The molecule has 0 amide bonds. The Balaban J connectivity index is 1.65. The predicted molar refractivity (Wildman–Crippen MR) is 92.6 cm³/mol. The highest BCUT2D eigenvalue weighted by Gasteiger charge is 2.30. The lowest BCUT2D eigenvalue weighted by Gasteiger charge is -2.06. The van der Waals surface area contributed by atoms with Gasteiger partial charge in [0.2, 0.25) is 0 Å². The second kappa shape index (κ2) is 7.39. The second-order valence-corrected chi connectivity index (χ2v) is 5.73. The van der Waals surface area contributed by atoms with E-state index >= 15 is 0 Å². The van der Waals surface area contributed by atoms with Gasteiger partial charge in [-0.25, -0.2) is 0 Å². The molecule has 0 saturated carbocycles. The summed E-state index contributed by atoms with van der Waals surface area (Å²) in [5.74, 6) is -0.366. The molecule has 0 bridgehead atoms. The van der Waals surface area contributed by atoms with Gasteiger partial charge in [0.25, 0.3) is 0 Å². The number of aromatic nitrogens is 2. The molecule has 26 heavy (non-hydrogen) atoms. The molecular weight excluding hydrogens is 341 g/mol. The largest absolute Gasteiger partial charge is 0.416 e. The summed E-state index contributed by atoms with van der Waals surface area (Å²) in [5.41, 5.74) is 1.26. The number of benzene rings is 2. The number of nitrogens with zero attached hydrogens (tertiary/aromatic N) is 2. The van der Waals surface area contributed by atoms with Crippen molar-refractivity contribution in [1.29, 1.82) is 0 Å². The standard InChI is InChI=1S/C20H15F3N2O/c21-20(22,23)18-9-7-17(8-10-18)19(26)11-6-16-12-24-25(14-16)13-15-4-2-1-3-5-15/h1-12,14H,13H2/b11-6+. The topological polar surface area (TPSA) is 34.9 Å². The van der Waals surface area contributed by atoms with E-state index in [2.05, 4.69) is 5.10 Å². The Labute approximate surface area is 148 Å². The molecule has 0 aliphatic rings. The van der Waals surface area contributed by atoms with Crippen LogP contribution in [0.1, 0.15) is 27.0 Å². The molecule has 3 rings (SSSR count). The molecule has 3 nitrogen and oxygen atoms in total. The molecule has 0 atom stereocenters. The molecule has 1 aromatic heterocycles. The summed E-state index contributed by atoms with van der Waals surface area (Å²) < 4.78 is 39.4. The molecule has 2 aromatic carbocycles. The van der Waals surface area contributed by atoms with E-state index in [0.29, 0.717) is 6.54 Å². The number of halogens is 3. The number of allylic oxidation sites excluding steroid dienone is 1. The van der Waals surface area contributed by atoms with Gasteiger partial charge in [0, 0.05) is 17.3 Å². The molecule has 6 heteroatoms. The first-order chi connectivity index (χ1) is 12.4. The average Bonchev–Trinajstić information content (AvgIpc) is 3.07. The van der Waals surface area contributed by atoms with Gasteiger partial charge < -0.3 is 0 Å². The van der Waals surface area contributed by atoms with Crippen molar-refractivity contribution in [2.45, 2.75) is 12.7 Å². The van der Waals surface area contributed by atoms with E-state index in [0.717, 1.165) is 23.3 Å². The van der Waals surface area contributed by atoms with Gasteiger partial charge in [-0.15, -0.1) is 0 Å². The summed E-state index contributed by atoms with van der Waals surface area (Å²) in [7, 11) is 0. The first-order valence-corrected chi connectivity index (χ1v) is 7.88. The monoisotopic (exact) mass is 356 g/mol. The van der Waals surface area contributed by atoms with Gasteiger partial charge in [0.1, 0.15) is 0 Å². The second-order valence-electron chi connectivity index (χ2n) is 5.73. The van der Waals surface area contributed by atoms with Gasteiger partial charge in [0.15, 0.2) is 5.78 Å². The lowest BCUT2D eigenvalue weighted by Crippen LogP contribution is -2.05. The SMILES string of the molecule is O=C(/C=C/c1cnn(Cc2ccccc2)c1)c1ccc(C(F)(F)F)cc1. The minimum Gasteiger partial charge on any atom is -0.289 e. The maximum Gasteiger partial charge on any atom is 0.416 e. The zero-order valence-electron chi connectivity index (χ0n) is 13.6. The number of alkyl halides is 3. The van der Waals surface area contributed by atoms with Gasteiger partial charge in [-0.1, -0.05) is 42.5 Å².